The Bertz CT molecular complexity index is 893. The zero-order valence-corrected chi connectivity index (χ0v) is 13.8. The molecule has 10 heteroatoms. The van der Waals surface area contributed by atoms with Crippen LogP contribution in [-0.4, -0.2) is 28.6 Å². The molecule has 0 atom stereocenters. The summed E-state index contributed by atoms with van der Waals surface area (Å²) in [6.45, 7) is -0.436. The van der Waals surface area contributed by atoms with Gasteiger partial charge >= 0.3 is 5.69 Å². The maximum atomic E-state index is 11.6. The molecule has 2 aromatic carbocycles. The van der Waals surface area contributed by atoms with Crippen molar-refractivity contribution in [1.82, 2.24) is 5.43 Å². The van der Waals surface area contributed by atoms with Crippen molar-refractivity contribution in [2.24, 2.45) is 5.10 Å². The van der Waals surface area contributed by atoms with Crippen molar-refractivity contribution in [3.8, 4) is 5.75 Å². The summed E-state index contributed by atoms with van der Waals surface area (Å²) in [4.78, 5) is 31.9. The molecule has 1 N–H and O–H groups in total. The number of hydrogen-bond donors (Lipinski definition) is 1. The first-order valence-corrected chi connectivity index (χ1v) is 7.56. The molecule has 2 rings (SSSR count). The van der Waals surface area contributed by atoms with Crippen molar-refractivity contribution in [3.05, 3.63) is 80.4 Å². The number of nitro benzene ring substituents is 2. The van der Waals surface area contributed by atoms with Crippen molar-refractivity contribution < 1.29 is 19.4 Å². The van der Waals surface area contributed by atoms with Crippen molar-refractivity contribution in [1.29, 1.82) is 0 Å². The lowest BCUT2D eigenvalue weighted by atomic mass is 10.2. The zero-order chi connectivity index (χ0) is 19.6. The molecule has 0 radical (unpaired) electrons. The molecule has 138 valence electrons. The van der Waals surface area contributed by atoms with E-state index in [4.69, 9.17) is 4.74 Å². The summed E-state index contributed by atoms with van der Waals surface area (Å²) < 4.78 is 5.12. The van der Waals surface area contributed by atoms with Crippen LogP contribution in [0.5, 0.6) is 5.75 Å². The SMILES string of the molecule is O=C(COc1ccccc1[N+](=O)[O-])N/N=C/C=C/c1ccc([N+](=O)[O-])cc1. The van der Waals surface area contributed by atoms with E-state index in [9.17, 15) is 25.0 Å². The van der Waals surface area contributed by atoms with Gasteiger partial charge in [0.1, 0.15) is 0 Å². The van der Waals surface area contributed by atoms with E-state index in [1.807, 2.05) is 0 Å². The molecule has 0 fully saturated rings. The Morgan fingerprint density at radius 2 is 1.78 bits per heavy atom. The van der Waals surface area contributed by atoms with Crippen molar-refractivity contribution in [2.45, 2.75) is 0 Å². The number of hydrazone groups is 1. The monoisotopic (exact) mass is 370 g/mol. The van der Waals surface area contributed by atoms with Gasteiger partial charge in [-0.3, -0.25) is 25.0 Å². The molecule has 0 aliphatic carbocycles. The quantitative estimate of drug-likeness (QED) is 0.431. The van der Waals surface area contributed by atoms with E-state index in [2.05, 4.69) is 10.5 Å². The van der Waals surface area contributed by atoms with Crippen molar-refractivity contribution in [2.75, 3.05) is 6.61 Å². The Balaban J connectivity index is 1.80. The largest absolute Gasteiger partial charge is 0.477 e. The molecular formula is C17H14N4O6. The number of nitrogens with zero attached hydrogens (tertiary/aromatic N) is 3. The summed E-state index contributed by atoms with van der Waals surface area (Å²) >= 11 is 0. The zero-order valence-electron chi connectivity index (χ0n) is 13.8. The van der Waals surface area contributed by atoms with Crippen LogP contribution in [0.3, 0.4) is 0 Å². The first-order valence-electron chi connectivity index (χ1n) is 7.56. The molecule has 1 amide bonds. The Labute approximate surface area is 153 Å². The van der Waals surface area contributed by atoms with Crippen LogP contribution >= 0.6 is 0 Å². The third-order valence-electron chi connectivity index (χ3n) is 3.16. The van der Waals surface area contributed by atoms with Crippen LogP contribution < -0.4 is 10.2 Å². The summed E-state index contributed by atoms with van der Waals surface area (Å²) in [6.07, 6.45) is 4.48. The number of para-hydroxylation sites is 2. The summed E-state index contributed by atoms with van der Waals surface area (Å²) in [5, 5.41) is 25.1. The van der Waals surface area contributed by atoms with Gasteiger partial charge in [0.15, 0.2) is 12.4 Å². The fourth-order valence-corrected chi connectivity index (χ4v) is 1.92. The van der Waals surface area contributed by atoms with Gasteiger partial charge in [0, 0.05) is 24.4 Å². The molecule has 0 aliphatic heterocycles. The smallest absolute Gasteiger partial charge is 0.310 e. The minimum absolute atomic E-state index is 0.00765. The summed E-state index contributed by atoms with van der Waals surface area (Å²) in [5.41, 5.74) is 2.68. The second kappa shape index (κ2) is 9.42. The predicted octanol–water partition coefficient (Wildman–Crippen LogP) is 2.70. The average Bonchev–Trinajstić information content (AvgIpc) is 2.66. The number of nitro groups is 2. The van der Waals surface area contributed by atoms with Crippen LogP contribution in [0.1, 0.15) is 5.56 Å². The van der Waals surface area contributed by atoms with Gasteiger partial charge in [-0.05, 0) is 29.8 Å². The number of ether oxygens (including phenoxy) is 1. The first-order chi connectivity index (χ1) is 13.0. The molecule has 0 heterocycles. The molecule has 0 unspecified atom stereocenters. The predicted molar refractivity (Wildman–Crippen MR) is 97.4 cm³/mol. The number of hydrogen-bond acceptors (Lipinski definition) is 7. The topological polar surface area (TPSA) is 137 Å². The van der Waals surface area contributed by atoms with E-state index < -0.39 is 22.4 Å². The lowest BCUT2D eigenvalue weighted by molar-refractivity contribution is -0.385. The fraction of sp³-hybridized carbons (Fsp3) is 0.0588. The summed E-state index contributed by atoms with van der Waals surface area (Å²) in [7, 11) is 0. The molecule has 0 saturated heterocycles. The van der Waals surface area contributed by atoms with Crippen LogP contribution in [0, 0.1) is 20.2 Å². The molecule has 2 aromatic rings. The second-order valence-electron chi connectivity index (χ2n) is 5.03. The van der Waals surface area contributed by atoms with Gasteiger partial charge in [0.25, 0.3) is 11.6 Å². The number of nitrogens with one attached hydrogen (secondary N) is 1. The molecule has 0 bridgehead atoms. The molecule has 0 aliphatic rings. The Kier molecular flexibility index (Phi) is 6.71. The number of non-ortho nitro benzene ring substituents is 1. The minimum atomic E-state index is -0.603. The molecular weight excluding hydrogens is 356 g/mol. The maximum Gasteiger partial charge on any atom is 0.310 e. The third kappa shape index (κ3) is 6.05. The highest BCUT2D eigenvalue weighted by molar-refractivity contribution is 5.82. The van der Waals surface area contributed by atoms with Gasteiger partial charge in [-0.1, -0.05) is 18.2 Å². The second-order valence-corrected chi connectivity index (χ2v) is 5.03. The maximum absolute atomic E-state index is 11.6. The summed E-state index contributed by atoms with van der Waals surface area (Å²) in [6, 6.07) is 11.6. The number of benzene rings is 2. The van der Waals surface area contributed by atoms with Gasteiger partial charge in [0.2, 0.25) is 0 Å². The third-order valence-corrected chi connectivity index (χ3v) is 3.16. The normalized spacial score (nSPS) is 10.8. The van der Waals surface area contributed by atoms with Crippen LogP contribution in [0.4, 0.5) is 11.4 Å². The highest BCUT2D eigenvalue weighted by Gasteiger charge is 2.14. The van der Waals surface area contributed by atoms with Gasteiger partial charge in [-0.25, -0.2) is 5.43 Å². The Morgan fingerprint density at radius 1 is 1.07 bits per heavy atom. The van der Waals surface area contributed by atoms with Crippen LogP contribution in [-0.2, 0) is 4.79 Å². The van der Waals surface area contributed by atoms with E-state index >= 15 is 0 Å². The minimum Gasteiger partial charge on any atom is -0.477 e. The standard InChI is InChI=1S/C17H14N4O6/c22-17(12-27-16-6-2-1-5-15(16)21(25)26)19-18-11-3-4-13-7-9-14(10-8-13)20(23)24/h1-11H,12H2,(H,19,22)/b4-3+,18-11+. The van der Waals surface area contributed by atoms with Gasteiger partial charge in [-0.2, -0.15) is 5.10 Å². The van der Waals surface area contributed by atoms with Gasteiger partial charge in [-0.15, -0.1) is 0 Å². The Morgan fingerprint density at radius 3 is 2.44 bits per heavy atom. The van der Waals surface area contributed by atoms with Crippen LogP contribution in [0.15, 0.2) is 59.7 Å². The van der Waals surface area contributed by atoms with Gasteiger partial charge in [0.05, 0.1) is 9.85 Å². The molecule has 0 aromatic heterocycles. The van der Waals surface area contributed by atoms with E-state index in [1.54, 1.807) is 24.3 Å². The van der Waals surface area contributed by atoms with E-state index in [0.29, 0.717) is 0 Å². The number of carbonyl (C=O) groups is 1. The number of carbonyl (C=O) groups excluding carboxylic acids is 1. The lowest BCUT2D eigenvalue weighted by Crippen LogP contribution is -2.24. The van der Waals surface area contributed by atoms with Crippen molar-refractivity contribution >= 4 is 29.6 Å². The number of amides is 1. The highest BCUT2D eigenvalue weighted by Crippen LogP contribution is 2.25. The van der Waals surface area contributed by atoms with Gasteiger partial charge < -0.3 is 4.74 Å². The van der Waals surface area contributed by atoms with Crippen molar-refractivity contribution in [3.63, 3.8) is 0 Å². The molecule has 0 spiro atoms. The van der Waals surface area contributed by atoms with E-state index in [1.165, 1.54) is 42.6 Å². The summed E-state index contributed by atoms with van der Waals surface area (Å²) in [5.74, 6) is -0.604. The van der Waals surface area contributed by atoms with Crippen LogP contribution in [0.2, 0.25) is 0 Å². The number of allylic oxidation sites excluding steroid dienone is 1. The van der Waals surface area contributed by atoms with E-state index in [0.717, 1.165) is 5.56 Å². The molecule has 10 nitrogen and oxygen atoms in total. The average molecular weight is 370 g/mol. The number of rotatable bonds is 8. The molecule has 0 saturated carbocycles. The Hall–Kier alpha value is -4.08. The van der Waals surface area contributed by atoms with Crippen LogP contribution in [0.25, 0.3) is 6.08 Å². The van der Waals surface area contributed by atoms with E-state index in [-0.39, 0.29) is 17.1 Å². The first kappa shape index (κ1) is 19.2. The fourth-order valence-electron chi connectivity index (χ4n) is 1.92. The lowest BCUT2D eigenvalue weighted by Gasteiger charge is -2.05. The highest BCUT2D eigenvalue weighted by atomic mass is 16.6. The molecule has 27 heavy (non-hydrogen) atoms.